The van der Waals surface area contributed by atoms with Gasteiger partial charge in [0.25, 0.3) is 0 Å². The minimum Gasteiger partial charge on any atom is -0.457 e. The number of carbonyl (C=O) groups excluding carboxylic acids is 1. The zero-order valence-electron chi connectivity index (χ0n) is 18.9. The Kier molecular flexibility index (Phi) is 8.26. The van der Waals surface area contributed by atoms with Crippen LogP contribution in [0, 0.1) is 0 Å². The lowest BCUT2D eigenvalue weighted by molar-refractivity contribution is -0.213. The van der Waals surface area contributed by atoms with Crippen LogP contribution in [0.5, 0.6) is 0 Å². The maximum Gasteiger partial charge on any atom is 0.303 e. The molecule has 1 fully saturated rings. The van der Waals surface area contributed by atoms with Crippen molar-refractivity contribution in [2.45, 2.75) is 89.0 Å². The Morgan fingerprint density at radius 2 is 1.71 bits per heavy atom. The molecule has 0 amide bonds. The van der Waals surface area contributed by atoms with Crippen molar-refractivity contribution in [3.63, 3.8) is 0 Å². The molecule has 1 saturated carbocycles. The largest absolute Gasteiger partial charge is 0.457 e. The van der Waals surface area contributed by atoms with Crippen LogP contribution in [-0.2, 0) is 25.3 Å². The molecule has 6 atom stereocenters. The van der Waals surface area contributed by atoms with Gasteiger partial charge in [0.2, 0.25) is 0 Å². The standard InChI is InChI=1S/C21H33N3O6Si/c1-13(25)29-20-17(27)16(26)18(30-31(5,6)21(2,3)4)15(23-24-22)19(20)28-12-14-10-8-7-9-11-14/h7-11,15-20,26-27H,12H2,1-6H3/t15-,16+,17-,18+,19-,20-/m1/s1. The molecule has 0 spiro atoms. The van der Waals surface area contributed by atoms with Gasteiger partial charge in [0.1, 0.15) is 18.3 Å². The highest BCUT2D eigenvalue weighted by atomic mass is 28.4. The average Bonchev–Trinajstić information content (AvgIpc) is 2.68. The fourth-order valence-electron chi connectivity index (χ4n) is 3.30. The highest BCUT2D eigenvalue weighted by molar-refractivity contribution is 6.74. The first-order valence-corrected chi connectivity index (χ1v) is 13.2. The molecule has 0 unspecified atom stereocenters. The van der Waals surface area contributed by atoms with E-state index in [0.29, 0.717) is 0 Å². The molecule has 0 radical (unpaired) electrons. The van der Waals surface area contributed by atoms with Crippen molar-refractivity contribution in [3.8, 4) is 0 Å². The quantitative estimate of drug-likeness (QED) is 0.215. The van der Waals surface area contributed by atoms with Crippen LogP contribution >= 0.6 is 0 Å². The number of azide groups is 1. The number of ether oxygens (including phenoxy) is 2. The molecule has 0 aliphatic heterocycles. The van der Waals surface area contributed by atoms with Gasteiger partial charge < -0.3 is 24.1 Å². The summed E-state index contributed by atoms with van der Waals surface area (Å²) in [6, 6.07) is 8.30. The van der Waals surface area contributed by atoms with Gasteiger partial charge >= 0.3 is 5.97 Å². The third-order valence-corrected chi connectivity index (χ3v) is 10.5. The van der Waals surface area contributed by atoms with E-state index >= 15 is 0 Å². The van der Waals surface area contributed by atoms with Crippen molar-refractivity contribution in [1.82, 2.24) is 0 Å². The molecule has 10 heteroatoms. The first-order chi connectivity index (χ1) is 14.4. The Bertz CT molecular complexity index is 794. The van der Waals surface area contributed by atoms with E-state index in [1.54, 1.807) is 0 Å². The molecule has 1 aromatic carbocycles. The van der Waals surface area contributed by atoms with Crippen molar-refractivity contribution in [1.29, 1.82) is 0 Å². The zero-order chi connectivity index (χ0) is 23.4. The van der Waals surface area contributed by atoms with Gasteiger partial charge in [0.05, 0.1) is 18.8 Å². The molecule has 9 nitrogen and oxygen atoms in total. The van der Waals surface area contributed by atoms with Crippen molar-refractivity contribution in [2.24, 2.45) is 5.11 Å². The van der Waals surface area contributed by atoms with Gasteiger partial charge in [-0.2, -0.15) is 0 Å². The summed E-state index contributed by atoms with van der Waals surface area (Å²) >= 11 is 0. The maximum atomic E-state index is 11.7. The predicted molar refractivity (Wildman–Crippen MR) is 118 cm³/mol. The zero-order valence-corrected chi connectivity index (χ0v) is 19.9. The number of benzene rings is 1. The smallest absolute Gasteiger partial charge is 0.303 e. The summed E-state index contributed by atoms with van der Waals surface area (Å²) in [6.45, 7) is 11.5. The number of esters is 1. The van der Waals surface area contributed by atoms with E-state index in [2.05, 4.69) is 10.0 Å². The fraction of sp³-hybridized carbons (Fsp3) is 0.667. The van der Waals surface area contributed by atoms with Crippen LogP contribution in [-0.4, -0.2) is 61.1 Å². The first kappa shape index (κ1) is 25.3. The molecule has 0 heterocycles. The second-order valence-corrected chi connectivity index (χ2v) is 14.1. The summed E-state index contributed by atoms with van der Waals surface area (Å²) in [4.78, 5) is 14.6. The van der Waals surface area contributed by atoms with E-state index in [9.17, 15) is 20.5 Å². The molecular formula is C21H33N3O6Si. The Balaban J connectivity index is 2.42. The number of hydrogen-bond donors (Lipinski definition) is 2. The molecule has 0 saturated heterocycles. The van der Waals surface area contributed by atoms with Crippen LogP contribution < -0.4 is 0 Å². The third-order valence-electron chi connectivity index (χ3n) is 6.03. The first-order valence-electron chi connectivity index (χ1n) is 10.3. The van der Waals surface area contributed by atoms with Crippen molar-refractivity contribution < 1.29 is 28.9 Å². The van der Waals surface area contributed by atoms with Crippen molar-refractivity contribution >= 4 is 14.3 Å². The van der Waals surface area contributed by atoms with E-state index in [0.717, 1.165) is 5.56 Å². The monoisotopic (exact) mass is 451 g/mol. The maximum absolute atomic E-state index is 11.7. The van der Waals surface area contributed by atoms with Crippen LogP contribution in [0.2, 0.25) is 18.1 Å². The van der Waals surface area contributed by atoms with Gasteiger partial charge in [-0.1, -0.05) is 56.2 Å². The molecular weight excluding hydrogens is 418 g/mol. The van der Waals surface area contributed by atoms with Gasteiger partial charge in [-0.15, -0.1) is 0 Å². The molecule has 172 valence electrons. The topological polar surface area (TPSA) is 134 Å². The summed E-state index contributed by atoms with van der Waals surface area (Å²) in [5.41, 5.74) is 10.1. The fourth-order valence-corrected chi connectivity index (χ4v) is 4.62. The number of aliphatic hydroxyl groups is 2. The predicted octanol–water partition coefficient (Wildman–Crippen LogP) is 3.31. The van der Waals surface area contributed by atoms with Crippen molar-refractivity contribution in [2.75, 3.05) is 0 Å². The molecule has 1 aliphatic rings. The van der Waals surface area contributed by atoms with Gasteiger partial charge in [-0.25, -0.2) is 0 Å². The minimum atomic E-state index is -2.42. The average molecular weight is 452 g/mol. The van der Waals surface area contributed by atoms with Gasteiger partial charge in [0, 0.05) is 11.8 Å². The van der Waals surface area contributed by atoms with E-state index < -0.39 is 50.8 Å². The second kappa shape index (κ2) is 10.1. The number of carbonyl (C=O) groups is 1. The highest BCUT2D eigenvalue weighted by Gasteiger charge is 2.55. The lowest BCUT2D eigenvalue weighted by Crippen LogP contribution is -2.67. The summed E-state index contributed by atoms with van der Waals surface area (Å²) in [5, 5.41) is 25.3. The molecule has 31 heavy (non-hydrogen) atoms. The Morgan fingerprint density at radius 1 is 1.13 bits per heavy atom. The SMILES string of the molecule is CC(=O)O[C@@H]1[C@H](O)[C@H](O)[C@@H](O[Si](C)(C)C(C)(C)C)[C@@H](N=[N+]=[N-])[C@H]1OCc1ccccc1. The van der Waals surface area contributed by atoms with Crippen LogP contribution in [0.4, 0.5) is 0 Å². The van der Waals surface area contributed by atoms with E-state index in [-0.39, 0.29) is 11.6 Å². The molecule has 0 aromatic heterocycles. The van der Waals surface area contributed by atoms with Gasteiger partial charge in [-0.05, 0) is 29.2 Å². The number of hydrogen-bond acceptors (Lipinski definition) is 7. The summed E-state index contributed by atoms with van der Waals surface area (Å²) < 4.78 is 17.7. The van der Waals surface area contributed by atoms with Gasteiger partial charge in [-0.3, -0.25) is 4.79 Å². The molecule has 2 rings (SSSR count). The summed E-state index contributed by atoms with van der Waals surface area (Å²) in [5.74, 6) is -0.645. The van der Waals surface area contributed by atoms with Crippen molar-refractivity contribution in [3.05, 3.63) is 46.3 Å². The van der Waals surface area contributed by atoms with E-state index in [1.165, 1.54) is 6.92 Å². The molecule has 2 N–H and O–H groups in total. The lowest BCUT2D eigenvalue weighted by atomic mass is 9.83. The molecule has 1 aliphatic carbocycles. The van der Waals surface area contributed by atoms with Gasteiger partial charge in [0.15, 0.2) is 14.4 Å². The highest BCUT2D eigenvalue weighted by Crippen LogP contribution is 2.40. The van der Waals surface area contributed by atoms with Crippen LogP contribution in [0.1, 0.15) is 33.3 Å². The number of nitrogens with zero attached hydrogens (tertiary/aromatic N) is 3. The Morgan fingerprint density at radius 3 is 2.23 bits per heavy atom. The number of rotatable bonds is 7. The third kappa shape index (κ3) is 6.06. The summed E-state index contributed by atoms with van der Waals surface area (Å²) in [6.07, 6.45) is -6.13. The van der Waals surface area contributed by atoms with Crippen LogP contribution in [0.15, 0.2) is 35.4 Å². The normalized spacial score (nSPS) is 29.2. The number of aliphatic hydroxyl groups excluding tert-OH is 2. The van der Waals surface area contributed by atoms with E-state index in [4.69, 9.17) is 13.9 Å². The molecule has 0 bridgehead atoms. The molecule has 1 aromatic rings. The summed E-state index contributed by atoms with van der Waals surface area (Å²) in [7, 11) is -2.42. The lowest BCUT2D eigenvalue weighted by Gasteiger charge is -2.49. The Hall–Kier alpha value is -1.94. The second-order valence-electron chi connectivity index (χ2n) is 9.35. The Labute approximate surface area is 184 Å². The van der Waals surface area contributed by atoms with Crippen LogP contribution in [0.3, 0.4) is 0 Å². The van der Waals surface area contributed by atoms with E-state index in [1.807, 2.05) is 64.2 Å². The van der Waals surface area contributed by atoms with Crippen LogP contribution in [0.25, 0.3) is 10.4 Å². The minimum absolute atomic E-state index is 0.135.